The van der Waals surface area contributed by atoms with Gasteiger partial charge in [-0.2, -0.15) is 0 Å². The van der Waals surface area contributed by atoms with Crippen molar-refractivity contribution in [1.82, 2.24) is 10.2 Å². The van der Waals surface area contributed by atoms with E-state index in [1.807, 2.05) is 6.07 Å². The van der Waals surface area contributed by atoms with Gasteiger partial charge < -0.3 is 19.2 Å². The Bertz CT molecular complexity index is 1080. The first-order valence-electron chi connectivity index (χ1n) is 8.90. The number of nitrogens with zero attached hydrogens (tertiary/aromatic N) is 2. The van der Waals surface area contributed by atoms with Crippen LogP contribution in [0.5, 0.6) is 5.75 Å². The van der Waals surface area contributed by atoms with E-state index in [0.717, 1.165) is 29.8 Å². The van der Waals surface area contributed by atoms with Crippen molar-refractivity contribution < 1.29 is 18.7 Å². The molecule has 0 radical (unpaired) electrons. The molecule has 0 saturated carbocycles. The molecule has 2 aromatic heterocycles. The lowest BCUT2D eigenvalue weighted by Gasteiger charge is -2.08. The summed E-state index contributed by atoms with van der Waals surface area (Å²) in [7, 11) is 1.54. The molecule has 1 N–H and O–H groups in total. The molecule has 1 unspecified atom stereocenters. The molecule has 1 atom stereocenters. The molecule has 3 heterocycles. The Hall–Kier alpha value is -2.78. The zero-order valence-corrected chi connectivity index (χ0v) is 16.3. The Balaban J connectivity index is 1.52. The van der Waals surface area contributed by atoms with E-state index in [-0.39, 0.29) is 18.4 Å². The second-order valence-corrected chi connectivity index (χ2v) is 7.54. The van der Waals surface area contributed by atoms with Gasteiger partial charge in [0.1, 0.15) is 22.4 Å². The molecule has 146 valence electrons. The van der Waals surface area contributed by atoms with Gasteiger partial charge in [-0.3, -0.25) is 4.79 Å². The SMILES string of the molecule is COc1ccc2c(C)c(CC(=O)Nc3nnc(C4CCCO4)s3)c(=O)oc2c1. The van der Waals surface area contributed by atoms with Crippen LogP contribution in [0.1, 0.15) is 35.1 Å². The molecule has 28 heavy (non-hydrogen) atoms. The highest BCUT2D eigenvalue weighted by molar-refractivity contribution is 7.15. The third-order valence-corrected chi connectivity index (χ3v) is 5.65. The lowest BCUT2D eigenvalue weighted by Crippen LogP contribution is -2.20. The summed E-state index contributed by atoms with van der Waals surface area (Å²) < 4.78 is 16.1. The van der Waals surface area contributed by atoms with Crippen molar-refractivity contribution in [3.63, 3.8) is 0 Å². The van der Waals surface area contributed by atoms with E-state index in [0.29, 0.717) is 27.6 Å². The van der Waals surface area contributed by atoms with Crippen LogP contribution in [-0.2, 0) is 16.0 Å². The van der Waals surface area contributed by atoms with Gasteiger partial charge in [-0.25, -0.2) is 4.79 Å². The van der Waals surface area contributed by atoms with E-state index < -0.39 is 5.63 Å². The van der Waals surface area contributed by atoms with Gasteiger partial charge in [-0.15, -0.1) is 10.2 Å². The van der Waals surface area contributed by atoms with Crippen molar-refractivity contribution in [1.29, 1.82) is 0 Å². The molecule has 1 fully saturated rings. The first-order chi connectivity index (χ1) is 13.5. The van der Waals surface area contributed by atoms with Crippen molar-refractivity contribution in [2.75, 3.05) is 19.0 Å². The second kappa shape index (κ2) is 7.69. The third-order valence-electron chi connectivity index (χ3n) is 4.72. The van der Waals surface area contributed by atoms with Crippen LogP contribution in [0.2, 0.25) is 0 Å². The van der Waals surface area contributed by atoms with Crippen LogP contribution < -0.4 is 15.7 Å². The predicted molar refractivity (Wildman–Crippen MR) is 104 cm³/mol. The number of benzene rings is 1. The molecule has 8 nitrogen and oxygen atoms in total. The van der Waals surface area contributed by atoms with Crippen LogP contribution in [0.15, 0.2) is 27.4 Å². The normalized spacial score (nSPS) is 16.4. The summed E-state index contributed by atoms with van der Waals surface area (Å²) in [5, 5.41) is 12.7. The first-order valence-corrected chi connectivity index (χ1v) is 9.72. The third kappa shape index (κ3) is 3.63. The molecule has 0 bridgehead atoms. The van der Waals surface area contributed by atoms with Crippen molar-refractivity contribution in [2.45, 2.75) is 32.3 Å². The number of carbonyl (C=O) groups excluding carboxylic acids is 1. The Kier molecular flexibility index (Phi) is 5.10. The summed E-state index contributed by atoms with van der Waals surface area (Å²) >= 11 is 1.29. The number of aromatic nitrogens is 2. The minimum atomic E-state index is -0.536. The average molecular weight is 401 g/mol. The van der Waals surface area contributed by atoms with Crippen LogP contribution in [-0.4, -0.2) is 29.8 Å². The van der Waals surface area contributed by atoms with Crippen molar-refractivity contribution in [3.05, 3.63) is 44.8 Å². The largest absolute Gasteiger partial charge is 0.497 e. The number of anilines is 1. The maximum absolute atomic E-state index is 12.4. The maximum atomic E-state index is 12.4. The number of rotatable bonds is 5. The molecule has 1 amide bonds. The minimum Gasteiger partial charge on any atom is -0.497 e. The average Bonchev–Trinajstić information content (AvgIpc) is 3.36. The van der Waals surface area contributed by atoms with Crippen molar-refractivity contribution >= 4 is 33.3 Å². The number of amides is 1. The first kappa shape index (κ1) is 18.6. The summed E-state index contributed by atoms with van der Waals surface area (Å²) in [6.07, 6.45) is 1.75. The number of ether oxygens (including phenoxy) is 2. The molecule has 0 spiro atoms. The van der Waals surface area contributed by atoms with Gasteiger partial charge in [0.15, 0.2) is 0 Å². The fourth-order valence-corrected chi connectivity index (χ4v) is 4.06. The quantitative estimate of drug-likeness (QED) is 0.656. The second-order valence-electron chi connectivity index (χ2n) is 6.53. The highest BCUT2D eigenvalue weighted by Gasteiger charge is 2.23. The lowest BCUT2D eigenvalue weighted by molar-refractivity contribution is -0.115. The number of methoxy groups -OCH3 is 1. The van der Waals surface area contributed by atoms with Crippen molar-refractivity contribution in [3.8, 4) is 5.75 Å². The Morgan fingerprint density at radius 1 is 1.39 bits per heavy atom. The zero-order chi connectivity index (χ0) is 19.7. The van der Waals surface area contributed by atoms with Crippen LogP contribution in [0.4, 0.5) is 5.13 Å². The predicted octanol–water partition coefficient (Wildman–Crippen LogP) is 2.99. The molecule has 1 aliphatic heterocycles. The fraction of sp³-hybridized carbons (Fsp3) is 0.368. The summed E-state index contributed by atoms with van der Waals surface area (Å²) in [5.41, 5.74) is 0.919. The zero-order valence-electron chi connectivity index (χ0n) is 15.5. The number of carbonyl (C=O) groups is 1. The van der Waals surface area contributed by atoms with Crippen LogP contribution in [0.3, 0.4) is 0 Å². The monoisotopic (exact) mass is 401 g/mol. The van der Waals surface area contributed by atoms with E-state index in [1.54, 1.807) is 26.2 Å². The summed E-state index contributed by atoms with van der Waals surface area (Å²) in [5.74, 6) is 0.247. The molecule has 3 aromatic rings. The number of fused-ring (bicyclic) bond motifs is 1. The van der Waals surface area contributed by atoms with Gasteiger partial charge in [0.25, 0.3) is 0 Å². The molecular formula is C19H19N3O5S. The number of nitrogens with one attached hydrogen (secondary N) is 1. The minimum absolute atomic E-state index is 0.0464. The Morgan fingerprint density at radius 2 is 2.25 bits per heavy atom. The molecule has 4 rings (SSSR count). The molecule has 1 aliphatic rings. The molecule has 1 saturated heterocycles. The molecule has 1 aromatic carbocycles. The summed E-state index contributed by atoms with van der Waals surface area (Å²) in [6, 6.07) is 5.25. The molecule has 9 heteroatoms. The van der Waals surface area contributed by atoms with Crippen molar-refractivity contribution in [2.24, 2.45) is 0 Å². The van der Waals surface area contributed by atoms with Gasteiger partial charge >= 0.3 is 5.63 Å². The van der Waals surface area contributed by atoms with Crippen LogP contribution >= 0.6 is 11.3 Å². The van der Waals surface area contributed by atoms with Gasteiger partial charge in [-0.1, -0.05) is 11.3 Å². The number of hydrogen-bond acceptors (Lipinski definition) is 8. The molecular weight excluding hydrogens is 382 g/mol. The number of aryl methyl sites for hydroxylation is 1. The van der Waals surface area contributed by atoms with E-state index in [2.05, 4.69) is 15.5 Å². The summed E-state index contributed by atoms with van der Waals surface area (Å²) in [6.45, 7) is 2.52. The van der Waals surface area contributed by atoms with Crippen LogP contribution in [0, 0.1) is 6.92 Å². The fourth-order valence-electron chi connectivity index (χ4n) is 3.22. The number of hydrogen-bond donors (Lipinski definition) is 1. The van der Waals surface area contributed by atoms with Gasteiger partial charge in [-0.05, 0) is 37.5 Å². The summed E-state index contributed by atoms with van der Waals surface area (Å²) in [4.78, 5) is 24.8. The topological polar surface area (TPSA) is 104 Å². The maximum Gasteiger partial charge on any atom is 0.340 e. The molecule has 0 aliphatic carbocycles. The van der Waals surface area contributed by atoms with E-state index in [4.69, 9.17) is 13.9 Å². The Labute approximate surface area is 164 Å². The Morgan fingerprint density at radius 3 is 3.00 bits per heavy atom. The highest BCUT2D eigenvalue weighted by atomic mass is 32.1. The standard InChI is InChI=1S/C19H19N3O5S/c1-10-12-6-5-11(25-2)8-15(12)27-18(24)13(10)9-16(23)20-19-22-21-17(28-19)14-4-3-7-26-14/h5-6,8,14H,3-4,7,9H2,1-2H3,(H,20,22,23). The highest BCUT2D eigenvalue weighted by Crippen LogP contribution is 2.32. The van der Waals surface area contributed by atoms with E-state index in [1.165, 1.54) is 11.3 Å². The van der Waals surface area contributed by atoms with Crippen LogP contribution in [0.25, 0.3) is 11.0 Å². The lowest BCUT2D eigenvalue weighted by atomic mass is 10.0. The van der Waals surface area contributed by atoms with E-state index >= 15 is 0 Å². The van der Waals surface area contributed by atoms with E-state index in [9.17, 15) is 9.59 Å². The van der Waals surface area contributed by atoms with Gasteiger partial charge in [0.05, 0.1) is 19.1 Å². The van der Waals surface area contributed by atoms with Gasteiger partial charge in [0, 0.05) is 18.1 Å². The van der Waals surface area contributed by atoms with Gasteiger partial charge in [0.2, 0.25) is 11.0 Å². The smallest absolute Gasteiger partial charge is 0.340 e.